The molecule has 0 radical (unpaired) electrons. The van der Waals surface area contributed by atoms with Crippen LogP contribution in [0.15, 0.2) is 0 Å². The minimum Gasteiger partial charge on any atom is -0.458 e. The Morgan fingerprint density at radius 3 is 2.56 bits per heavy atom. The first-order chi connectivity index (χ1) is 8.62. The van der Waals surface area contributed by atoms with Gasteiger partial charge in [0.1, 0.15) is 5.60 Å². The first-order valence-corrected chi connectivity index (χ1v) is 7.59. The summed E-state index contributed by atoms with van der Waals surface area (Å²) in [5, 5.41) is 0. The molecule has 0 aromatic carbocycles. The number of esters is 1. The molecule has 18 heavy (non-hydrogen) atoms. The number of likely N-dealkylation sites (tertiary alicyclic amines) is 1. The maximum absolute atomic E-state index is 12.1. The average molecular weight is 251 g/mol. The number of carbonyl (C=O) groups excluding carboxylic acids is 1. The molecule has 3 fully saturated rings. The number of piperidine rings is 1. The fourth-order valence-corrected chi connectivity index (χ4v) is 4.29. The van der Waals surface area contributed by atoms with E-state index in [2.05, 4.69) is 18.7 Å². The molecule has 3 nitrogen and oxygen atoms in total. The number of ether oxygens (including phenoxy) is 1. The van der Waals surface area contributed by atoms with Crippen molar-refractivity contribution in [1.29, 1.82) is 0 Å². The number of carbonyl (C=O) groups is 1. The van der Waals surface area contributed by atoms with Gasteiger partial charge < -0.3 is 9.64 Å². The minimum atomic E-state index is -0.0897. The smallest absolute Gasteiger partial charge is 0.309 e. The molecule has 1 spiro atoms. The van der Waals surface area contributed by atoms with Gasteiger partial charge in [-0.1, -0.05) is 12.8 Å². The first-order valence-electron chi connectivity index (χ1n) is 7.59. The van der Waals surface area contributed by atoms with Crippen molar-refractivity contribution in [3.8, 4) is 0 Å². The zero-order chi connectivity index (χ0) is 12.8. The standard InChI is InChI=1S/C15H25NO2/c1-11(2)16-9-7-15(8-10-16)13-6-4-3-5-12(13)14(17)18-15/h11-13H,3-10H2,1-2H3. The van der Waals surface area contributed by atoms with Gasteiger partial charge in [-0.05, 0) is 26.7 Å². The fraction of sp³-hybridized carbons (Fsp3) is 0.933. The molecule has 2 aliphatic heterocycles. The Bertz CT molecular complexity index is 331. The van der Waals surface area contributed by atoms with Gasteiger partial charge in [0.15, 0.2) is 0 Å². The third-order valence-electron chi connectivity index (χ3n) is 5.42. The predicted octanol–water partition coefficient (Wildman–Crippen LogP) is 2.59. The molecule has 3 rings (SSSR count). The number of nitrogens with zero attached hydrogens (tertiary/aromatic N) is 1. The minimum absolute atomic E-state index is 0.0897. The molecule has 2 saturated heterocycles. The van der Waals surface area contributed by atoms with E-state index in [0.29, 0.717) is 12.0 Å². The molecule has 3 heteroatoms. The summed E-state index contributed by atoms with van der Waals surface area (Å²) in [6.07, 6.45) is 6.88. The molecule has 3 aliphatic rings. The summed E-state index contributed by atoms with van der Waals surface area (Å²) in [4.78, 5) is 14.6. The fourth-order valence-electron chi connectivity index (χ4n) is 4.29. The molecule has 0 aromatic heterocycles. The second kappa shape index (κ2) is 4.52. The lowest BCUT2D eigenvalue weighted by Crippen LogP contribution is -2.50. The van der Waals surface area contributed by atoms with Crippen LogP contribution in [0.25, 0.3) is 0 Å². The van der Waals surface area contributed by atoms with Crippen LogP contribution < -0.4 is 0 Å². The van der Waals surface area contributed by atoms with Crippen molar-refractivity contribution in [2.24, 2.45) is 11.8 Å². The summed E-state index contributed by atoms with van der Waals surface area (Å²) < 4.78 is 5.90. The van der Waals surface area contributed by atoms with Crippen LogP contribution in [-0.2, 0) is 9.53 Å². The molecule has 102 valence electrons. The molecule has 2 unspecified atom stereocenters. The van der Waals surface area contributed by atoms with E-state index in [-0.39, 0.29) is 17.5 Å². The van der Waals surface area contributed by atoms with Crippen LogP contribution in [0.1, 0.15) is 52.4 Å². The van der Waals surface area contributed by atoms with E-state index < -0.39 is 0 Å². The number of hydrogen-bond donors (Lipinski definition) is 0. The highest BCUT2D eigenvalue weighted by atomic mass is 16.6. The molecule has 2 atom stereocenters. The van der Waals surface area contributed by atoms with Crippen molar-refractivity contribution >= 4 is 5.97 Å². The van der Waals surface area contributed by atoms with Crippen LogP contribution in [0, 0.1) is 11.8 Å². The molecule has 0 aromatic rings. The number of rotatable bonds is 1. The highest BCUT2D eigenvalue weighted by Gasteiger charge is 2.56. The Morgan fingerprint density at radius 1 is 1.22 bits per heavy atom. The highest BCUT2D eigenvalue weighted by molar-refractivity contribution is 5.76. The molecule has 0 bridgehead atoms. The van der Waals surface area contributed by atoms with Crippen LogP contribution >= 0.6 is 0 Å². The Kier molecular flexibility index (Phi) is 3.13. The van der Waals surface area contributed by atoms with E-state index in [1.54, 1.807) is 0 Å². The van der Waals surface area contributed by atoms with Gasteiger partial charge in [0.2, 0.25) is 0 Å². The molecular weight excluding hydrogens is 226 g/mol. The lowest BCUT2D eigenvalue weighted by molar-refractivity contribution is -0.155. The largest absolute Gasteiger partial charge is 0.458 e. The van der Waals surface area contributed by atoms with Crippen molar-refractivity contribution in [1.82, 2.24) is 4.90 Å². The Morgan fingerprint density at radius 2 is 1.89 bits per heavy atom. The maximum atomic E-state index is 12.1. The SMILES string of the molecule is CC(C)N1CCC2(CC1)OC(=O)C1CCCCC12. The van der Waals surface area contributed by atoms with Crippen LogP contribution in [0.4, 0.5) is 0 Å². The summed E-state index contributed by atoms with van der Waals surface area (Å²) >= 11 is 0. The second-order valence-electron chi connectivity index (χ2n) is 6.61. The van der Waals surface area contributed by atoms with E-state index in [1.807, 2.05) is 0 Å². The Labute approximate surface area is 110 Å². The van der Waals surface area contributed by atoms with Crippen molar-refractivity contribution in [2.75, 3.05) is 13.1 Å². The van der Waals surface area contributed by atoms with E-state index in [0.717, 1.165) is 32.4 Å². The second-order valence-corrected chi connectivity index (χ2v) is 6.61. The topological polar surface area (TPSA) is 29.5 Å². The quantitative estimate of drug-likeness (QED) is 0.671. The van der Waals surface area contributed by atoms with Crippen LogP contribution in [-0.4, -0.2) is 35.6 Å². The van der Waals surface area contributed by atoms with Gasteiger partial charge in [0.25, 0.3) is 0 Å². The van der Waals surface area contributed by atoms with Gasteiger partial charge in [-0.25, -0.2) is 0 Å². The van der Waals surface area contributed by atoms with Gasteiger partial charge in [-0.2, -0.15) is 0 Å². The van der Waals surface area contributed by atoms with Crippen LogP contribution in [0.3, 0.4) is 0 Å². The van der Waals surface area contributed by atoms with E-state index in [9.17, 15) is 4.79 Å². The molecule has 1 aliphatic carbocycles. The van der Waals surface area contributed by atoms with E-state index in [4.69, 9.17) is 4.74 Å². The summed E-state index contributed by atoms with van der Waals surface area (Å²) in [6.45, 7) is 6.69. The van der Waals surface area contributed by atoms with Gasteiger partial charge in [-0.3, -0.25) is 4.79 Å². The van der Waals surface area contributed by atoms with E-state index in [1.165, 1.54) is 19.3 Å². The van der Waals surface area contributed by atoms with Crippen molar-refractivity contribution in [3.63, 3.8) is 0 Å². The Hall–Kier alpha value is -0.570. The van der Waals surface area contributed by atoms with Crippen molar-refractivity contribution in [2.45, 2.75) is 64.0 Å². The third kappa shape index (κ3) is 1.87. The monoisotopic (exact) mass is 251 g/mol. The lowest BCUT2D eigenvalue weighted by Gasteiger charge is -2.44. The van der Waals surface area contributed by atoms with Gasteiger partial charge in [-0.15, -0.1) is 0 Å². The molecular formula is C15H25NO2. The Balaban J connectivity index is 1.74. The zero-order valence-electron chi connectivity index (χ0n) is 11.7. The normalized spacial score (nSPS) is 35.8. The van der Waals surface area contributed by atoms with Gasteiger partial charge in [0.05, 0.1) is 5.92 Å². The third-order valence-corrected chi connectivity index (χ3v) is 5.42. The maximum Gasteiger partial charge on any atom is 0.309 e. The van der Waals surface area contributed by atoms with Crippen molar-refractivity contribution < 1.29 is 9.53 Å². The molecule has 0 N–H and O–H groups in total. The van der Waals surface area contributed by atoms with Gasteiger partial charge >= 0.3 is 5.97 Å². The van der Waals surface area contributed by atoms with E-state index >= 15 is 0 Å². The zero-order valence-corrected chi connectivity index (χ0v) is 11.7. The average Bonchev–Trinajstić information content (AvgIpc) is 2.64. The van der Waals surface area contributed by atoms with Crippen LogP contribution in [0.2, 0.25) is 0 Å². The number of hydrogen-bond acceptors (Lipinski definition) is 3. The molecule has 1 saturated carbocycles. The molecule has 2 heterocycles. The van der Waals surface area contributed by atoms with Crippen molar-refractivity contribution in [3.05, 3.63) is 0 Å². The summed E-state index contributed by atoms with van der Waals surface area (Å²) in [5.41, 5.74) is -0.0897. The first kappa shape index (κ1) is 12.5. The predicted molar refractivity (Wildman–Crippen MR) is 70.2 cm³/mol. The molecule has 0 amide bonds. The lowest BCUT2D eigenvalue weighted by atomic mass is 9.69. The summed E-state index contributed by atoms with van der Waals surface area (Å²) in [7, 11) is 0. The van der Waals surface area contributed by atoms with Crippen LogP contribution in [0.5, 0.6) is 0 Å². The van der Waals surface area contributed by atoms with Gasteiger partial charge in [0, 0.05) is 37.9 Å². The summed E-state index contributed by atoms with van der Waals surface area (Å²) in [6, 6.07) is 0.613. The summed E-state index contributed by atoms with van der Waals surface area (Å²) in [5.74, 6) is 0.857. The highest BCUT2D eigenvalue weighted by Crippen LogP contribution is 2.50. The number of fused-ring (bicyclic) bond motifs is 2.